The molecule has 0 radical (unpaired) electrons. The topological polar surface area (TPSA) is 35.6 Å². The number of carbonyl (C=O) groups is 1. The van der Waals surface area contributed by atoms with Crippen LogP contribution in [0.5, 0.6) is 0 Å². The van der Waals surface area contributed by atoms with E-state index in [1.54, 1.807) is 0 Å². The van der Waals surface area contributed by atoms with Crippen LogP contribution in [-0.4, -0.2) is 47.9 Å². The number of hydrogen-bond acceptors (Lipinski definition) is 3. The van der Waals surface area contributed by atoms with E-state index in [4.69, 9.17) is 0 Å². The van der Waals surface area contributed by atoms with Crippen LogP contribution in [0.2, 0.25) is 0 Å². The van der Waals surface area contributed by atoms with E-state index in [-0.39, 0.29) is 12.1 Å². The summed E-state index contributed by atoms with van der Waals surface area (Å²) in [5.74, 6) is 0.828. The van der Waals surface area contributed by atoms with Crippen molar-refractivity contribution < 1.29 is 4.79 Å². The molecule has 2 atom stereocenters. The lowest BCUT2D eigenvalue weighted by molar-refractivity contribution is -0.128. The van der Waals surface area contributed by atoms with Crippen LogP contribution in [0.3, 0.4) is 0 Å². The Kier molecular flexibility index (Phi) is 4.27. The van der Waals surface area contributed by atoms with E-state index in [0.717, 1.165) is 19.6 Å². The van der Waals surface area contributed by atoms with E-state index in [9.17, 15) is 4.79 Å². The highest BCUT2D eigenvalue weighted by atomic mass is 16.2. The number of benzene rings is 1. The van der Waals surface area contributed by atoms with Gasteiger partial charge in [0.1, 0.15) is 6.17 Å². The molecule has 4 nitrogen and oxygen atoms in total. The second kappa shape index (κ2) is 6.16. The summed E-state index contributed by atoms with van der Waals surface area (Å²) in [5.41, 5.74) is 1.18. The Labute approximate surface area is 127 Å². The average molecular weight is 287 g/mol. The lowest BCUT2D eigenvalue weighted by Gasteiger charge is -2.28. The lowest BCUT2D eigenvalue weighted by atomic mass is 10.1. The van der Waals surface area contributed by atoms with Crippen molar-refractivity contribution in [2.75, 3.05) is 26.2 Å². The molecule has 2 aliphatic heterocycles. The van der Waals surface area contributed by atoms with Crippen LogP contribution in [0.1, 0.15) is 32.0 Å². The number of nitrogens with one attached hydrogen (secondary N) is 1. The fraction of sp³-hybridized carbons (Fsp3) is 0.588. The van der Waals surface area contributed by atoms with Gasteiger partial charge in [0.05, 0.1) is 6.54 Å². The lowest BCUT2D eigenvalue weighted by Crippen LogP contribution is -2.36. The van der Waals surface area contributed by atoms with E-state index in [1.807, 2.05) is 23.1 Å². The molecule has 1 aromatic rings. The Balaban J connectivity index is 1.67. The zero-order valence-electron chi connectivity index (χ0n) is 13.0. The third-order valence-corrected chi connectivity index (χ3v) is 4.70. The second-order valence-corrected chi connectivity index (χ2v) is 6.48. The van der Waals surface area contributed by atoms with Crippen LogP contribution in [0.25, 0.3) is 0 Å². The highest BCUT2D eigenvalue weighted by Gasteiger charge is 2.35. The summed E-state index contributed by atoms with van der Waals surface area (Å²) in [4.78, 5) is 16.8. The molecular formula is C17H25N3O. The predicted octanol–water partition coefficient (Wildman–Crippen LogP) is 1.85. The molecule has 2 aliphatic rings. The van der Waals surface area contributed by atoms with E-state index < -0.39 is 0 Å². The van der Waals surface area contributed by atoms with E-state index in [2.05, 4.69) is 36.2 Å². The van der Waals surface area contributed by atoms with Gasteiger partial charge in [0.15, 0.2) is 0 Å². The number of hydrogen-bond donors (Lipinski definition) is 1. The standard InChI is InChI=1S/C17H25N3O/c1-13(2)19-9-8-14(11-19)12-20-16(21)10-18-17(20)15-6-4-3-5-7-15/h3-7,13-14,17-18H,8-12H2,1-2H3. The van der Waals surface area contributed by atoms with Crippen molar-refractivity contribution in [1.29, 1.82) is 0 Å². The first-order chi connectivity index (χ1) is 10.1. The van der Waals surface area contributed by atoms with Crippen LogP contribution in [0.4, 0.5) is 0 Å². The van der Waals surface area contributed by atoms with Crippen molar-refractivity contribution in [3.8, 4) is 0 Å². The molecule has 3 rings (SSSR count). The number of amides is 1. The van der Waals surface area contributed by atoms with Gasteiger partial charge in [-0.25, -0.2) is 0 Å². The summed E-state index contributed by atoms with van der Waals surface area (Å²) in [5, 5.41) is 3.34. The van der Waals surface area contributed by atoms with Crippen molar-refractivity contribution >= 4 is 5.91 Å². The summed E-state index contributed by atoms with van der Waals surface area (Å²) >= 11 is 0. The van der Waals surface area contributed by atoms with Gasteiger partial charge in [-0.1, -0.05) is 30.3 Å². The molecule has 1 amide bonds. The highest BCUT2D eigenvalue weighted by molar-refractivity contribution is 5.81. The number of carbonyl (C=O) groups excluding carboxylic acids is 1. The van der Waals surface area contributed by atoms with Crippen molar-refractivity contribution in [1.82, 2.24) is 15.1 Å². The number of rotatable bonds is 4. The molecule has 0 aliphatic carbocycles. The Morgan fingerprint density at radius 3 is 2.71 bits per heavy atom. The highest BCUT2D eigenvalue weighted by Crippen LogP contribution is 2.26. The van der Waals surface area contributed by atoms with Gasteiger partial charge in [-0.05, 0) is 38.3 Å². The quantitative estimate of drug-likeness (QED) is 0.918. The maximum absolute atomic E-state index is 12.2. The van der Waals surface area contributed by atoms with Gasteiger partial charge < -0.3 is 9.80 Å². The molecule has 4 heteroatoms. The Morgan fingerprint density at radius 1 is 1.29 bits per heavy atom. The Morgan fingerprint density at radius 2 is 2.05 bits per heavy atom. The normalized spacial score (nSPS) is 27.0. The predicted molar refractivity (Wildman–Crippen MR) is 83.7 cm³/mol. The van der Waals surface area contributed by atoms with Crippen LogP contribution < -0.4 is 5.32 Å². The summed E-state index contributed by atoms with van der Waals surface area (Å²) in [6.45, 7) is 8.10. The SMILES string of the molecule is CC(C)N1CCC(CN2C(=O)CNC2c2ccccc2)C1. The Hall–Kier alpha value is -1.39. The van der Waals surface area contributed by atoms with Crippen molar-refractivity contribution in [2.45, 2.75) is 32.5 Å². The summed E-state index contributed by atoms with van der Waals surface area (Å²) in [7, 11) is 0. The summed E-state index contributed by atoms with van der Waals surface area (Å²) in [6, 6.07) is 10.9. The largest absolute Gasteiger partial charge is 0.321 e. The molecule has 21 heavy (non-hydrogen) atoms. The first-order valence-electron chi connectivity index (χ1n) is 7.97. The van der Waals surface area contributed by atoms with Crippen molar-refractivity contribution in [2.24, 2.45) is 5.92 Å². The maximum atomic E-state index is 12.2. The molecule has 114 valence electrons. The van der Waals surface area contributed by atoms with E-state index >= 15 is 0 Å². The molecule has 0 saturated carbocycles. The third-order valence-electron chi connectivity index (χ3n) is 4.70. The van der Waals surface area contributed by atoms with Crippen LogP contribution >= 0.6 is 0 Å². The van der Waals surface area contributed by atoms with Gasteiger partial charge in [0.25, 0.3) is 0 Å². The molecule has 0 spiro atoms. The number of nitrogens with zero attached hydrogens (tertiary/aromatic N) is 2. The second-order valence-electron chi connectivity index (χ2n) is 6.48. The molecule has 0 bridgehead atoms. The van der Waals surface area contributed by atoms with Gasteiger partial charge in [-0.15, -0.1) is 0 Å². The fourth-order valence-electron chi connectivity index (χ4n) is 3.44. The number of likely N-dealkylation sites (tertiary alicyclic amines) is 1. The first-order valence-corrected chi connectivity index (χ1v) is 7.97. The van der Waals surface area contributed by atoms with Crippen LogP contribution in [0.15, 0.2) is 30.3 Å². The van der Waals surface area contributed by atoms with Crippen LogP contribution in [0, 0.1) is 5.92 Å². The molecule has 2 heterocycles. The third kappa shape index (κ3) is 3.11. The van der Waals surface area contributed by atoms with Gasteiger partial charge >= 0.3 is 0 Å². The average Bonchev–Trinajstić information content (AvgIpc) is 3.09. The van der Waals surface area contributed by atoms with E-state index in [0.29, 0.717) is 18.5 Å². The van der Waals surface area contributed by atoms with Crippen LogP contribution in [-0.2, 0) is 4.79 Å². The molecule has 0 aromatic heterocycles. The zero-order valence-corrected chi connectivity index (χ0v) is 13.0. The molecule has 1 N–H and O–H groups in total. The minimum absolute atomic E-state index is 0.0480. The summed E-state index contributed by atoms with van der Waals surface area (Å²) < 4.78 is 0. The molecule has 2 unspecified atom stereocenters. The van der Waals surface area contributed by atoms with Gasteiger partial charge in [0, 0.05) is 19.1 Å². The monoisotopic (exact) mass is 287 g/mol. The minimum Gasteiger partial charge on any atom is -0.321 e. The Bertz CT molecular complexity index is 488. The van der Waals surface area contributed by atoms with Gasteiger partial charge in [-0.3, -0.25) is 10.1 Å². The van der Waals surface area contributed by atoms with Crippen molar-refractivity contribution in [3.63, 3.8) is 0 Å². The minimum atomic E-state index is 0.0480. The summed E-state index contributed by atoms with van der Waals surface area (Å²) in [6.07, 6.45) is 1.25. The molecule has 2 saturated heterocycles. The fourth-order valence-corrected chi connectivity index (χ4v) is 3.44. The van der Waals surface area contributed by atoms with Crippen molar-refractivity contribution in [3.05, 3.63) is 35.9 Å². The molecule has 1 aromatic carbocycles. The van der Waals surface area contributed by atoms with Gasteiger partial charge in [-0.2, -0.15) is 0 Å². The van der Waals surface area contributed by atoms with E-state index in [1.165, 1.54) is 12.0 Å². The molecular weight excluding hydrogens is 262 g/mol. The first kappa shape index (κ1) is 14.5. The maximum Gasteiger partial charge on any atom is 0.238 e. The zero-order chi connectivity index (χ0) is 14.8. The smallest absolute Gasteiger partial charge is 0.238 e. The molecule has 2 fully saturated rings. The van der Waals surface area contributed by atoms with Gasteiger partial charge in [0.2, 0.25) is 5.91 Å².